The van der Waals surface area contributed by atoms with Gasteiger partial charge in [0, 0.05) is 23.7 Å². The van der Waals surface area contributed by atoms with Crippen molar-refractivity contribution in [1.29, 1.82) is 0 Å². The summed E-state index contributed by atoms with van der Waals surface area (Å²) < 4.78 is 1.29. The predicted molar refractivity (Wildman–Crippen MR) is 98.7 cm³/mol. The quantitative estimate of drug-likeness (QED) is 0.852. The largest absolute Gasteiger partial charge is 0.285 e. The van der Waals surface area contributed by atoms with Gasteiger partial charge in [-0.1, -0.05) is 36.5 Å². The van der Waals surface area contributed by atoms with Gasteiger partial charge in [-0.2, -0.15) is 0 Å². The lowest BCUT2D eigenvalue weighted by Crippen LogP contribution is -2.45. The maximum Gasteiger partial charge on any atom is 0.283 e. The summed E-state index contributed by atoms with van der Waals surface area (Å²) in [5.41, 5.74) is 3.76. The van der Waals surface area contributed by atoms with E-state index in [1.807, 2.05) is 11.9 Å². The summed E-state index contributed by atoms with van der Waals surface area (Å²) in [7, 11) is 0. The highest BCUT2D eigenvalue weighted by Crippen LogP contribution is 2.23. The zero-order valence-electron chi connectivity index (χ0n) is 13.9. The molecule has 1 fully saturated rings. The minimum atomic E-state index is -0.306. The molecule has 3 rings (SSSR count). The van der Waals surface area contributed by atoms with Gasteiger partial charge < -0.3 is 0 Å². The molecule has 2 N–H and O–H groups in total. The molecular weight excluding hydrogens is 363 g/mol. The van der Waals surface area contributed by atoms with Crippen LogP contribution in [0.3, 0.4) is 0 Å². The number of aromatic amines is 1. The van der Waals surface area contributed by atoms with E-state index in [1.165, 1.54) is 11.1 Å². The summed E-state index contributed by atoms with van der Waals surface area (Å²) in [5.74, 6) is -0.306. The average molecular weight is 383 g/mol. The van der Waals surface area contributed by atoms with Gasteiger partial charge in [-0.05, 0) is 37.5 Å². The molecule has 1 aromatic heterocycles. The number of rotatable bonds is 4. The summed E-state index contributed by atoms with van der Waals surface area (Å²) in [5, 5.41) is 5.62. The second-order valence-electron chi connectivity index (χ2n) is 6.04. The van der Waals surface area contributed by atoms with Crippen LogP contribution < -0.4 is 11.0 Å². The Balaban J connectivity index is 1.95. The molecule has 25 heavy (non-hydrogen) atoms. The molecule has 8 heteroatoms. The minimum absolute atomic E-state index is 0.268. The number of amides is 1. The van der Waals surface area contributed by atoms with Crippen molar-refractivity contribution in [2.75, 3.05) is 13.1 Å². The number of carbonyl (C=O) groups excluding carboxylic acids is 1. The van der Waals surface area contributed by atoms with E-state index in [0.717, 1.165) is 25.9 Å². The van der Waals surface area contributed by atoms with Crippen molar-refractivity contribution >= 4 is 29.1 Å². The molecule has 0 unspecified atom stereocenters. The number of carbonyl (C=O) groups is 1. The Bertz CT molecular complexity index is 838. The molecular formula is C17H20Cl2N4O2. The Morgan fingerprint density at radius 3 is 2.60 bits per heavy atom. The number of H-pyrrole nitrogens is 1. The van der Waals surface area contributed by atoms with Gasteiger partial charge in [-0.15, -0.1) is 0 Å². The van der Waals surface area contributed by atoms with Gasteiger partial charge >= 0.3 is 0 Å². The van der Waals surface area contributed by atoms with E-state index in [-0.39, 0.29) is 17.2 Å². The molecule has 2 heterocycles. The second-order valence-corrected chi connectivity index (χ2v) is 6.89. The van der Waals surface area contributed by atoms with E-state index in [2.05, 4.69) is 10.5 Å². The molecule has 0 saturated carbocycles. The van der Waals surface area contributed by atoms with Gasteiger partial charge in [0.25, 0.3) is 11.5 Å². The Kier molecular flexibility index (Phi) is 5.51. The number of benzene rings is 1. The summed E-state index contributed by atoms with van der Waals surface area (Å²) >= 11 is 12.1. The van der Waals surface area contributed by atoms with Crippen LogP contribution in [0.5, 0.6) is 0 Å². The van der Waals surface area contributed by atoms with Gasteiger partial charge in [0.15, 0.2) is 0 Å². The topological polar surface area (TPSA) is 70.1 Å². The molecule has 0 atom stereocenters. The lowest BCUT2D eigenvalue weighted by atomic mass is 10.1. The highest BCUT2D eigenvalue weighted by Gasteiger charge is 2.22. The monoisotopic (exact) mass is 382 g/mol. The molecule has 0 radical (unpaired) electrons. The Hall–Kier alpha value is -1.76. The fourth-order valence-corrected chi connectivity index (χ4v) is 3.52. The van der Waals surface area contributed by atoms with Crippen LogP contribution in [0.4, 0.5) is 0 Å². The molecule has 1 aliphatic rings. The Labute approximate surface area is 155 Å². The van der Waals surface area contributed by atoms with Crippen LogP contribution in [0, 0.1) is 0 Å². The van der Waals surface area contributed by atoms with Crippen molar-refractivity contribution in [2.24, 2.45) is 0 Å². The molecule has 0 aliphatic carbocycles. The first-order valence-corrected chi connectivity index (χ1v) is 9.12. The third-order valence-electron chi connectivity index (χ3n) is 4.33. The maximum atomic E-state index is 12.7. The number of hydrazine groups is 1. The smallest absolute Gasteiger partial charge is 0.283 e. The third-order valence-corrected chi connectivity index (χ3v) is 4.87. The highest BCUT2D eigenvalue weighted by molar-refractivity contribution is 6.35. The van der Waals surface area contributed by atoms with Crippen molar-refractivity contribution in [1.82, 2.24) is 20.2 Å². The highest BCUT2D eigenvalue weighted by atomic mass is 35.5. The van der Waals surface area contributed by atoms with E-state index in [1.54, 1.807) is 18.2 Å². The van der Waals surface area contributed by atoms with Crippen molar-refractivity contribution in [2.45, 2.75) is 32.6 Å². The van der Waals surface area contributed by atoms with Crippen molar-refractivity contribution < 1.29 is 4.79 Å². The normalized spacial score (nSPS) is 15.3. The zero-order valence-corrected chi connectivity index (χ0v) is 15.5. The maximum absolute atomic E-state index is 12.7. The Morgan fingerprint density at radius 1 is 1.24 bits per heavy atom. The standard InChI is InChI=1S/C17H20Cl2N4O2/c1-2-12-15(16(24)21-22-8-4-3-5-9-22)20-23(17(12)25)14-7-6-11(18)10-13(14)19/h6-7,10,20H,2-5,8-9H2,1H3,(H,21,24). The lowest BCUT2D eigenvalue weighted by molar-refractivity contribution is 0.0743. The van der Waals surface area contributed by atoms with Crippen LogP contribution in [-0.4, -0.2) is 33.8 Å². The first kappa shape index (κ1) is 18.0. The molecule has 1 saturated heterocycles. The summed E-state index contributed by atoms with van der Waals surface area (Å²) in [4.78, 5) is 25.3. The Morgan fingerprint density at radius 2 is 1.96 bits per heavy atom. The average Bonchev–Trinajstić information content (AvgIpc) is 2.92. The third kappa shape index (κ3) is 3.76. The number of halogens is 2. The van der Waals surface area contributed by atoms with Crippen LogP contribution in [-0.2, 0) is 6.42 Å². The van der Waals surface area contributed by atoms with Crippen LogP contribution in [0.2, 0.25) is 10.0 Å². The van der Waals surface area contributed by atoms with Gasteiger partial charge in [0.05, 0.1) is 10.7 Å². The van der Waals surface area contributed by atoms with Crippen LogP contribution in [0.25, 0.3) is 5.69 Å². The van der Waals surface area contributed by atoms with Crippen molar-refractivity contribution in [3.05, 3.63) is 49.9 Å². The molecule has 1 aromatic carbocycles. The zero-order chi connectivity index (χ0) is 18.0. The van der Waals surface area contributed by atoms with E-state index < -0.39 is 0 Å². The fraction of sp³-hybridized carbons (Fsp3) is 0.412. The molecule has 1 amide bonds. The number of hydrogen-bond acceptors (Lipinski definition) is 3. The van der Waals surface area contributed by atoms with Gasteiger partial charge in [0.2, 0.25) is 0 Å². The number of piperidine rings is 1. The molecule has 6 nitrogen and oxygen atoms in total. The number of hydrogen-bond donors (Lipinski definition) is 2. The minimum Gasteiger partial charge on any atom is -0.285 e. The summed E-state index contributed by atoms with van der Waals surface area (Å²) in [6, 6.07) is 4.86. The van der Waals surface area contributed by atoms with Gasteiger partial charge in [-0.25, -0.2) is 9.69 Å². The number of aromatic nitrogens is 2. The number of nitrogens with one attached hydrogen (secondary N) is 2. The first-order chi connectivity index (χ1) is 12.0. The van der Waals surface area contributed by atoms with Crippen LogP contribution in [0.1, 0.15) is 42.2 Å². The van der Waals surface area contributed by atoms with Gasteiger partial charge in [-0.3, -0.25) is 20.1 Å². The van der Waals surface area contributed by atoms with Gasteiger partial charge in [0.1, 0.15) is 5.69 Å². The van der Waals surface area contributed by atoms with Crippen LogP contribution in [0.15, 0.2) is 23.0 Å². The molecule has 1 aliphatic heterocycles. The molecule has 0 spiro atoms. The second kappa shape index (κ2) is 7.64. The first-order valence-electron chi connectivity index (χ1n) is 8.36. The van der Waals surface area contributed by atoms with Crippen molar-refractivity contribution in [3.8, 4) is 5.69 Å². The molecule has 0 bridgehead atoms. The van der Waals surface area contributed by atoms with E-state index in [9.17, 15) is 9.59 Å². The van der Waals surface area contributed by atoms with Crippen LogP contribution >= 0.6 is 23.2 Å². The van der Waals surface area contributed by atoms with E-state index >= 15 is 0 Å². The van der Waals surface area contributed by atoms with E-state index in [4.69, 9.17) is 23.2 Å². The van der Waals surface area contributed by atoms with E-state index in [0.29, 0.717) is 27.7 Å². The number of nitrogens with zero attached hydrogens (tertiary/aromatic N) is 2. The summed E-state index contributed by atoms with van der Waals surface area (Å²) in [6.45, 7) is 3.48. The van der Waals surface area contributed by atoms with Crippen molar-refractivity contribution in [3.63, 3.8) is 0 Å². The SMILES string of the molecule is CCc1c(C(=O)NN2CCCCC2)[nH]n(-c2ccc(Cl)cc2Cl)c1=O. The fourth-order valence-electron chi connectivity index (χ4n) is 3.03. The predicted octanol–water partition coefficient (Wildman–Crippen LogP) is 3.17. The summed E-state index contributed by atoms with van der Waals surface area (Å²) in [6.07, 6.45) is 3.73. The molecule has 2 aromatic rings. The molecule has 134 valence electrons. The lowest BCUT2D eigenvalue weighted by Gasteiger charge is -2.26.